The van der Waals surface area contributed by atoms with Crippen LogP contribution in [0.2, 0.25) is 0 Å². The summed E-state index contributed by atoms with van der Waals surface area (Å²) in [6.07, 6.45) is 1.10. The second kappa shape index (κ2) is 9.05. The van der Waals surface area contributed by atoms with Gasteiger partial charge >= 0.3 is 6.18 Å². The van der Waals surface area contributed by atoms with E-state index in [4.69, 9.17) is 0 Å². The van der Waals surface area contributed by atoms with Crippen LogP contribution in [-0.4, -0.2) is 39.4 Å². The fourth-order valence-corrected chi connectivity index (χ4v) is 4.34. The van der Waals surface area contributed by atoms with Gasteiger partial charge in [0.15, 0.2) is 0 Å². The number of carbonyl (C=O) groups excluding carboxylic acids is 1. The molecule has 0 unspecified atom stereocenters. The van der Waals surface area contributed by atoms with Gasteiger partial charge in [0.05, 0.1) is 10.5 Å². The van der Waals surface area contributed by atoms with Crippen molar-refractivity contribution in [2.75, 3.05) is 20.1 Å². The van der Waals surface area contributed by atoms with Crippen molar-refractivity contribution in [3.8, 4) is 0 Å². The molecule has 1 aromatic carbocycles. The summed E-state index contributed by atoms with van der Waals surface area (Å²) in [5.41, 5.74) is -1.03. The maximum absolute atomic E-state index is 12.7. The third-order valence-electron chi connectivity index (χ3n) is 4.79. The Labute approximate surface area is 158 Å². The number of sulfonamides is 1. The van der Waals surface area contributed by atoms with E-state index < -0.39 is 26.7 Å². The highest BCUT2D eigenvalue weighted by Gasteiger charge is 2.31. The summed E-state index contributed by atoms with van der Waals surface area (Å²) in [6.45, 7) is 0.492. The standard InChI is InChI=1S/C18H25F3N2O3S/c1-23(13-14-6-3-2-4-7-14)17(24)10-11-22-27(25,26)16-9-5-8-15(12-16)18(19,20)21/h5,8-9,12,14,22H,2-4,6-7,10-11,13H2,1H3. The highest BCUT2D eigenvalue weighted by Crippen LogP contribution is 2.30. The van der Waals surface area contributed by atoms with Gasteiger partial charge in [-0.15, -0.1) is 0 Å². The monoisotopic (exact) mass is 406 g/mol. The van der Waals surface area contributed by atoms with Crippen molar-refractivity contribution in [2.45, 2.75) is 49.6 Å². The normalized spacial score (nSPS) is 16.3. The van der Waals surface area contributed by atoms with Crippen molar-refractivity contribution in [3.63, 3.8) is 0 Å². The minimum Gasteiger partial charge on any atom is -0.345 e. The number of alkyl halides is 3. The quantitative estimate of drug-likeness (QED) is 0.755. The van der Waals surface area contributed by atoms with Crippen LogP contribution in [0.3, 0.4) is 0 Å². The predicted molar refractivity (Wildman–Crippen MR) is 95.5 cm³/mol. The highest BCUT2D eigenvalue weighted by atomic mass is 32.2. The Hall–Kier alpha value is -1.61. The molecule has 0 saturated heterocycles. The SMILES string of the molecule is CN(CC1CCCCC1)C(=O)CCNS(=O)(=O)c1cccc(C(F)(F)F)c1. The Balaban J connectivity index is 1.87. The van der Waals surface area contributed by atoms with Crippen molar-refractivity contribution in [3.05, 3.63) is 29.8 Å². The average molecular weight is 406 g/mol. The zero-order valence-corrected chi connectivity index (χ0v) is 16.1. The molecule has 0 heterocycles. The number of amides is 1. The lowest BCUT2D eigenvalue weighted by atomic mass is 9.89. The molecular formula is C18H25F3N2O3S. The molecular weight excluding hydrogens is 381 g/mol. The predicted octanol–water partition coefficient (Wildman–Crippen LogP) is 3.41. The van der Waals surface area contributed by atoms with E-state index in [2.05, 4.69) is 4.72 Å². The summed E-state index contributed by atoms with van der Waals surface area (Å²) in [7, 11) is -2.42. The molecule has 1 N–H and O–H groups in total. The molecule has 5 nitrogen and oxygen atoms in total. The molecule has 0 atom stereocenters. The molecule has 2 rings (SSSR count). The van der Waals surface area contributed by atoms with Crippen LogP contribution in [0.25, 0.3) is 0 Å². The van der Waals surface area contributed by atoms with Gasteiger partial charge in [-0.05, 0) is 37.0 Å². The van der Waals surface area contributed by atoms with E-state index in [0.29, 0.717) is 18.5 Å². The second-order valence-electron chi connectivity index (χ2n) is 6.95. The summed E-state index contributed by atoms with van der Waals surface area (Å²) in [4.78, 5) is 13.3. The Morgan fingerprint density at radius 2 is 1.89 bits per heavy atom. The van der Waals surface area contributed by atoms with E-state index >= 15 is 0 Å². The van der Waals surface area contributed by atoms with Gasteiger partial charge in [0, 0.05) is 26.6 Å². The van der Waals surface area contributed by atoms with Crippen molar-refractivity contribution in [2.24, 2.45) is 5.92 Å². The zero-order valence-electron chi connectivity index (χ0n) is 15.3. The maximum Gasteiger partial charge on any atom is 0.416 e. The molecule has 1 aliphatic rings. The minimum atomic E-state index is -4.62. The molecule has 0 aromatic heterocycles. The van der Waals surface area contributed by atoms with Crippen LogP contribution in [0.5, 0.6) is 0 Å². The smallest absolute Gasteiger partial charge is 0.345 e. The van der Waals surface area contributed by atoms with Crippen LogP contribution < -0.4 is 4.72 Å². The Bertz CT molecular complexity index is 744. The van der Waals surface area contributed by atoms with Crippen LogP contribution in [0, 0.1) is 5.92 Å². The van der Waals surface area contributed by atoms with Crippen LogP contribution in [0.1, 0.15) is 44.1 Å². The summed E-state index contributed by atoms with van der Waals surface area (Å²) >= 11 is 0. The summed E-state index contributed by atoms with van der Waals surface area (Å²) in [5, 5.41) is 0. The van der Waals surface area contributed by atoms with Gasteiger partial charge < -0.3 is 4.90 Å². The van der Waals surface area contributed by atoms with Gasteiger partial charge in [-0.2, -0.15) is 13.2 Å². The fraction of sp³-hybridized carbons (Fsp3) is 0.611. The van der Waals surface area contributed by atoms with Gasteiger partial charge in [-0.25, -0.2) is 13.1 Å². The van der Waals surface area contributed by atoms with Crippen molar-refractivity contribution < 1.29 is 26.4 Å². The molecule has 1 aliphatic carbocycles. The minimum absolute atomic E-state index is 0.0403. The van der Waals surface area contributed by atoms with E-state index in [1.54, 1.807) is 11.9 Å². The van der Waals surface area contributed by atoms with Crippen LogP contribution in [0.15, 0.2) is 29.2 Å². The number of halogens is 3. The van der Waals surface area contributed by atoms with Gasteiger partial charge in [0.2, 0.25) is 15.9 Å². The molecule has 0 radical (unpaired) electrons. The number of carbonyl (C=O) groups is 1. The zero-order chi connectivity index (χ0) is 20.1. The topological polar surface area (TPSA) is 66.5 Å². The molecule has 27 heavy (non-hydrogen) atoms. The molecule has 152 valence electrons. The summed E-state index contributed by atoms with van der Waals surface area (Å²) < 4.78 is 64.7. The fourth-order valence-electron chi connectivity index (χ4n) is 3.26. The lowest BCUT2D eigenvalue weighted by Crippen LogP contribution is -2.35. The first-order valence-electron chi connectivity index (χ1n) is 9.00. The third-order valence-corrected chi connectivity index (χ3v) is 6.24. The second-order valence-corrected chi connectivity index (χ2v) is 8.72. The Morgan fingerprint density at radius 1 is 1.22 bits per heavy atom. The van der Waals surface area contributed by atoms with E-state index in [1.165, 1.54) is 19.3 Å². The van der Waals surface area contributed by atoms with E-state index in [0.717, 1.165) is 31.0 Å². The van der Waals surface area contributed by atoms with Crippen molar-refractivity contribution in [1.29, 1.82) is 0 Å². The van der Waals surface area contributed by atoms with Gasteiger partial charge in [0.1, 0.15) is 0 Å². The molecule has 1 fully saturated rings. The van der Waals surface area contributed by atoms with Gasteiger partial charge in [-0.3, -0.25) is 4.79 Å². The van der Waals surface area contributed by atoms with Gasteiger partial charge in [-0.1, -0.05) is 25.3 Å². The summed E-state index contributed by atoms with van der Waals surface area (Å²) in [5.74, 6) is 0.293. The number of benzene rings is 1. The number of nitrogens with one attached hydrogen (secondary N) is 1. The van der Waals surface area contributed by atoms with Crippen LogP contribution in [-0.2, 0) is 21.0 Å². The number of hydrogen-bond donors (Lipinski definition) is 1. The molecule has 1 saturated carbocycles. The Kier molecular flexibility index (Phi) is 7.27. The molecule has 9 heteroatoms. The van der Waals surface area contributed by atoms with Crippen molar-refractivity contribution >= 4 is 15.9 Å². The highest BCUT2D eigenvalue weighted by molar-refractivity contribution is 7.89. The molecule has 1 aromatic rings. The van der Waals surface area contributed by atoms with Gasteiger partial charge in [0.25, 0.3) is 0 Å². The number of nitrogens with zero attached hydrogens (tertiary/aromatic N) is 1. The first-order chi connectivity index (χ1) is 12.6. The average Bonchev–Trinajstić information content (AvgIpc) is 2.61. The molecule has 0 aliphatic heterocycles. The first kappa shape index (κ1) is 21.7. The maximum atomic E-state index is 12.7. The lowest BCUT2D eigenvalue weighted by Gasteiger charge is -2.27. The Morgan fingerprint density at radius 3 is 2.52 bits per heavy atom. The first-order valence-corrected chi connectivity index (χ1v) is 10.5. The molecule has 0 spiro atoms. The largest absolute Gasteiger partial charge is 0.416 e. The third kappa shape index (κ3) is 6.49. The van der Waals surface area contributed by atoms with E-state index in [-0.39, 0.29) is 18.9 Å². The molecule has 1 amide bonds. The van der Waals surface area contributed by atoms with Crippen LogP contribution in [0.4, 0.5) is 13.2 Å². The van der Waals surface area contributed by atoms with Crippen LogP contribution >= 0.6 is 0 Å². The van der Waals surface area contributed by atoms with E-state index in [1.807, 2.05) is 0 Å². The summed E-state index contributed by atoms with van der Waals surface area (Å²) in [6, 6.07) is 3.53. The molecule has 0 bridgehead atoms. The number of rotatable bonds is 7. The van der Waals surface area contributed by atoms with E-state index in [9.17, 15) is 26.4 Å². The number of hydrogen-bond acceptors (Lipinski definition) is 3. The van der Waals surface area contributed by atoms with Crippen molar-refractivity contribution in [1.82, 2.24) is 9.62 Å². The lowest BCUT2D eigenvalue weighted by molar-refractivity contribution is -0.137.